The van der Waals surface area contributed by atoms with Gasteiger partial charge in [-0.05, 0) is 72.9 Å². The molecule has 2 aromatic carbocycles. The predicted molar refractivity (Wildman–Crippen MR) is 108 cm³/mol. The first-order valence-electron chi connectivity index (χ1n) is 9.98. The largest absolute Gasteiger partial charge is 0.478 e. The molecule has 1 aliphatic rings. The van der Waals surface area contributed by atoms with Crippen LogP contribution in [0.1, 0.15) is 47.7 Å². The van der Waals surface area contributed by atoms with Crippen LogP contribution in [0.4, 0.5) is 8.78 Å². The molecule has 0 unspecified atom stereocenters. The zero-order chi connectivity index (χ0) is 21.0. The second kappa shape index (κ2) is 9.31. The van der Waals surface area contributed by atoms with E-state index in [2.05, 4.69) is 6.92 Å². The number of carbonyl (C=O) groups is 1. The maximum atomic E-state index is 13.4. The average molecular weight is 400 g/mol. The third-order valence-corrected chi connectivity index (χ3v) is 5.91. The van der Waals surface area contributed by atoms with Crippen molar-refractivity contribution in [2.75, 3.05) is 0 Å². The fourth-order valence-corrected chi connectivity index (χ4v) is 4.37. The molecule has 1 fully saturated rings. The van der Waals surface area contributed by atoms with E-state index in [9.17, 15) is 18.7 Å². The summed E-state index contributed by atoms with van der Waals surface area (Å²) in [6.45, 7) is 2.13. The average Bonchev–Trinajstić information content (AvgIpc) is 2.95. The van der Waals surface area contributed by atoms with Gasteiger partial charge in [-0.1, -0.05) is 37.3 Å². The quantitative estimate of drug-likeness (QED) is 0.660. The third-order valence-electron chi connectivity index (χ3n) is 5.91. The lowest BCUT2D eigenvalue weighted by Crippen LogP contribution is -2.18. The number of aliphatic hydroxyl groups excluding tert-OH is 1. The van der Waals surface area contributed by atoms with Gasteiger partial charge in [0.25, 0.3) is 0 Å². The Morgan fingerprint density at radius 3 is 2.69 bits per heavy atom. The number of rotatable bonds is 7. The molecule has 0 amide bonds. The number of carboxylic acids is 1. The maximum Gasteiger partial charge on any atom is 0.335 e. The fourth-order valence-electron chi connectivity index (χ4n) is 4.37. The Morgan fingerprint density at radius 1 is 1.17 bits per heavy atom. The Bertz CT molecular complexity index is 893. The van der Waals surface area contributed by atoms with Crippen LogP contribution in [-0.2, 0) is 6.42 Å². The monoisotopic (exact) mass is 400 g/mol. The van der Waals surface area contributed by atoms with E-state index in [1.54, 1.807) is 24.3 Å². The first-order valence-corrected chi connectivity index (χ1v) is 9.98. The summed E-state index contributed by atoms with van der Waals surface area (Å²) in [5.74, 6) is -2.08. The molecule has 3 nitrogen and oxygen atoms in total. The highest BCUT2D eigenvalue weighted by atomic mass is 19.2. The number of carboxylic acid groups (broad SMARTS) is 1. The van der Waals surface area contributed by atoms with Gasteiger partial charge in [-0.15, -0.1) is 0 Å². The summed E-state index contributed by atoms with van der Waals surface area (Å²) in [5.41, 5.74) is 1.85. The molecule has 0 bridgehead atoms. The van der Waals surface area contributed by atoms with Crippen LogP contribution >= 0.6 is 0 Å². The molecular weight excluding hydrogens is 374 g/mol. The van der Waals surface area contributed by atoms with E-state index >= 15 is 0 Å². The van der Waals surface area contributed by atoms with Crippen LogP contribution in [0.5, 0.6) is 0 Å². The fraction of sp³-hybridized carbons (Fsp3) is 0.375. The molecule has 29 heavy (non-hydrogen) atoms. The SMILES string of the molecule is C[C@@H]1C[C@@H](O)[C@H](/C=C\c2ccc(F)c(F)c2)[C@H]1CCCc1cccc(C(=O)O)c1. The highest BCUT2D eigenvalue weighted by molar-refractivity contribution is 5.87. The number of halogens is 2. The number of hydrogen-bond acceptors (Lipinski definition) is 2. The predicted octanol–water partition coefficient (Wildman–Crippen LogP) is 5.33. The van der Waals surface area contributed by atoms with E-state index in [0.29, 0.717) is 23.5 Å². The van der Waals surface area contributed by atoms with Crippen molar-refractivity contribution >= 4 is 12.0 Å². The Kier molecular flexibility index (Phi) is 6.80. The van der Waals surface area contributed by atoms with Gasteiger partial charge in [-0.2, -0.15) is 0 Å². The molecule has 0 spiro atoms. The number of benzene rings is 2. The second-order valence-electron chi connectivity index (χ2n) is 7.95. The van der Waals surface area contributed by atoms with Crippen LogP contribution in [0.15, 0.2) is 48.5 Å². The van der Waals surface area contributed by atoms with Crippen LogP contribution in [0.3, 0.4) is 0 Å². The van der Waals surface area contributed by atoms with Gasteiger partial charge in [-0.25, -0.2) is 13.6 Å². The number of aryl methyl sites for hydroxylation is 1. The smallest absolute Gasteiger partial charge is 0.335 e. The summed E-state index contributed by atoms with van der Waals surface area (Å²) >= 11 is 0. The van der Waals surface area contributed by atoms with Crippen molar-refractivity contribution in [1.82, 2.24) is 0 Å². The van der Waals surface area contributed by atoms with Crippen LogP contribution in [0.25, 0.3) is 6.08 Å². The van der Waals surface area contributed by atoms with E-state index in [1.807, 2.05) is 12.1 Å². The van der Waals surface area contributed by atoms with Gasteiger partial charge in [0.05, 0.1) is 11.7 Å². The lowest BCUT2D eigenvalue weighted by molar-refractivity contribution is 0.0696. The summed E-state index contributed by atoms with van der Waals surface area (Å²) in [5, 5.41) is 19.6. The van der Waals surface area contributed by atoms with Crippen molar-refractivity contribution < 1.29 is 23.8 Å². The Hall–Kier alpha value is -2.53. The van der Waals surface area contributed by atoms with Crippen molar-refractivity contribution in [3.63, 3.8) is 0 Å². The van der Waals surface area contributed by atoms with Crippen molar-refractivity contribution in [3.8, 4) is 0 Å². The number of aliphatic hydroxyl groups is 1. The summed E-state index contributed by atoms with van der Waals surface area (Å²) in [6.07, 6.45) is 6.50. The molecule has 0 radical (unpaired) electrons. The number of hydrogen-bond donors (Lipinski definition) is 2. The summed E-state index contributed by atoms with van der Waals surface area (Å²) < 4.78 is 26.5. The Labute approximate surface area is 169 Å². The molecule has 4 atom stereocenters. The zero-order valence-electron chi connectivity index (χ0n) is 16.4. The second-order valence-corrected chi connectivity index (χ2v) is 7.95. The van der Waals surface area contributed by atoms with Gasteiger partial charge in [0, 0.05) is 5.92 Å². The third kappa shape index (κ3) is 5.30. The highest BCUT2D eigenvalue weighted by Crippen LogP contribution is 2.41. The summed E-state index contributed by atoms with van der Waals surface area (Å²) in [7, 11) is 0. The van der Waals surface area contributed by atoms with Crippen molar-refractivity contribution in [3.05, 3.63) is 76.9 Å². The molecule has 2 aromatic rings. The van der Waals surface area contributed by atoms with E-state index in [-0.39, 0.29) is 11.8 Å². The van der Waals surface area contributed by atoms with Gasteiger partial charge < -0.3 is 10.2 Å². The lowest BCUT2D eigenvalue weighted by Gasteiger charge is -2.21. The van der Waals surface area contributed by atoms with Crippen LogP contribution < -0.4 is 0 Å². The summed E-state index contributed by atoms with van der Waals surface area (Å²) in [4.78, 5) is 11.1. The molecule has 1 aliphatic carbocycles. The van der Waals surface area contributed by atoms with Crippen molar-refractivity contribution in [2.45, 2.75) is 38.7 Å². The Balaban J connectivity index is 1.63. The van der Waals surface area contributed by atoms with Crippen molar-refractivity contribution in [2.24, 2.45) is 17.8 Å². The van der Waals surface area contributed by atoms with Crippen LogP contribution in [0, 0.1) is 29.4 Å². The standard InChI is InChI=1S/C24H26F2O3/c1-15-12-23(27)20(10-8-17-9-11-21(25)22(26)14-17)19(15)7-3-5-16-4-2-6-18(13-16)24(28)29/h2,4,6,8-11,13-15,19-20,23,27H,3,5,7,12H2,1H3,(H,28,29)/b10-8-/t15-,19+,20-,23-/m1/s1. The molecule has 0 aromatic heterocycles. The topological polar surface area (TPSA) is 57.5 Å². The minimum absolute atomic E-state index is 0.0385. The minimum Gasteiger partial charge on any atom is -0.478 e. The molecule has 5 heteroatoms. The normalized spacial score (nSPS) is 24.3. The summed E-state index contributed by atoms with van der Waals surface area (Å²) in [6, 6.07) is 10.8. The van der Waals surface area contributed by atoms with E-state index < -0.39 is 23.7 Å². The minimum atomic E-state index is -0.929. The number of aromatic carboxylic acids is 1. The van der Waals surface area contributed by atoms with Gasteiger partial charge in [-0.3, -0.25) is 0 Å². The first-order chi connectivity index (χ1) is 13.8. The first kappa shape index (κ1) is 21.2. The zero-order valence-corrected chi connectivity index (χ0v) is 16.4. The lowest BCUT2D eigenvalue weighted by atomic mass is 9.84. The molecule has 0 heterocycles. The highest BCUT2D eigenvalue weighted by Gasteiger charge is 2.38. The van der Waals surface area contributed by atoms with Crippen LogP contribution in [0.2, 0.25) is 0 Å². The van der Waals surface area contributed by atoms with E-state index in [1.165, 1.54) is 6.07 Å². The van der Waals surface area contributed by atoms with Crippen molar-refractivity contribution in [1.29, 1.82) is 0 Å². The molecule has 3 rings (SSSR count). The maximum absolute atomic E-state index is 13.4. The van der Waals surface area contributed by atoms with E-state index in [0.717, 1.165) is 37.0 Å². The molecule has 2 N–H and O–H groups in total. The van der Waals surface area contributed by atoms with E-state index in [4.69, 9.17) is 5.11 Å². The van der Waals surface area contributed by atoms with Gasteiger partial charge >= 0.3 is 5.97 Å². The molecule has 1 saturated carbocycles. The molecule has 0 saturated heterocycles. The van der Waals surface area contributed by atoms with Gasteiger partial charge in [0.15, 0.2) is 11.6 Å². The molecular formula is C24H26F2O3. The van der Waals surface area contributed by atoms with Gasteiger partial charge in [0.1, 0.15) is 0 Å². The molecule has 154 valence electrons. The van der Waals surface area contributed by atoms with Gasteiger partial charge in [0.2, 0.25) is 0 Å². The van der Waals surface area contributed by atoms with Crippen LogP contribution in [-0.4, -0.2) is 22.3 Å². The Morgan fingerprint density at radius 2 is 1.97 bits per heavy atom. The molecule has 0 aliphatic heterocycles.